The topological polar surface area (TPSA) is 132 Å². The van der Waals surface area contributed by atoms with Gasteiger partial charge in [-0.25, -0.2) is 14.6 Å². The Hall–Kier alpha value is -3.16. The lowest BCUT2D eigenvalue weighted by Gasteiger charge is -2.06. The lowest BCUT2D eigenvalue weighted by atomic mass is 10.1. The molecule has 0 spiro atoms. The second-order valence-corrected chi connectivity index (χ2v) is 3.80. The van der Waals surface area contributed by atoms with Crippen LogP contribution in [-0.4, -0.2) is 38.0 Å². The zero-order chi connectivity index (χ0) is 14.7. The molecule has 1 aromatic carbocycles. The van der Waals surface area contributed by atoms with E-state index in [-0.39, 0.29) is 22.6 Å². The molecule has 8 heteroatoms. The molecule has 4 N–H and O–H groups in total. The third-order valence-electron chi connectivity index (χ3n) is 2.40. The third kappa shape index (κ3) is 2.80. The minimum Gasteiger partial charge on any atom is -0.478 e. The van der Waals surface area contributed by atoms with E-state index in [9.17, 15) is 14.4 Å². The molecule has 1 aromatic heterocycles. The lowest BCUT2D eigenvalue weighted by Crippen LogP contribution is -2.15. The van der Waals surface area contributed by atoms with Crippen LogP contribution in [0.2, 0.25) is 0 Å². The lowest BCUT2D eigenvalue weighted by molar-refractivity contribution is 0.0696. The number of aromatic amines is 1. The van der Waals surface area contributed by atoms with Crippen molar-refractivity contribution in [1.29, 1.82) is 0 Å². The summed E-state index contributed by atoms with van der Waals surface area (Å²) in [5.74, 6) is -3.15. The van der Waals surface area contributed by atoms with Crippen molar-refractivity contribution in [2.75, 3.05) is 5.32 Å². The summed E-state index contributed by atoms with van der Waals surface area (Å²) < 4.78 is 0. The molecule has 0 unspecified atom stereocenters. The first-order valence-corrected chi connectivity index (χ1v) is 5.40. The predicted octanol–water partition coefficient (Wildman–Crippen LogP) is 1.06. The van der Waals surface area contributed by atoms with E-state index >= 15 is 0 Å². The molecule has 0 aliphatic rings. The summed E-state index contributed by atoms with van der Waals surface area (Å²) in [6.07, 6.45) is 2.83. The molecule has 0 atom stereocenters. The van der Waals surface area contributed by atoms with Crippen LogP contribution in [0.25, 0.3) is 0 Å². The molecule has 2 aromatic rings. The predicted molar refractivity (Wildman–Crippen MR) is 66.9 cm³/mol. The van der Waals surface area contributed by atoms with E-state index in [1.165, 1.54) is 12.4 Å². The minimum atomic E-state index is -1.29. The molecule has 0 radical (unpaired) electrons. The second-order valence-electron chi connectivity index (χ2n) is 3.80. The van der Waals surface area contributed by atoms with Crippen LogP contribution in [0.15, 0.2) is 30.6 Å². The van der Waals surface area contributed by atoms with E-state index in [1.807, 2.05) is 0 Å². The van der Waals surface area contributed by atoms with Crippen molar-refractivity contribution in [3.8, 4) is 0 Å². The van der Waals surface area contributed by atoms with Crippen LogP contribution in [0, 0.1) is 0 Å². The summed E-state index contributed by atoms with van der Waals surface area (Å²) in [7, 11) is 0. The second kappa shape index (κ2) is 5.22. The Morgan fingerprint density at radius 1 is 1.05 bits per heavy atom. The molecule has 102 valence electrons. The molecule has 20 heavy (non-hydrogen) atoms. The number of aromatic nitrogens is 2. The average molecular weight is 275 g/mol. The number of rotatable bonds is 4. The number of hydrogen-bond acceptors (Lipinski definition) is 4. The molecular weight excluding hydrogens is 266 g/mol. The fourth-order valence-corrected chi connectivity index (χ4v) is 1.53. The zero-order valence-corrected chi connectivity index (χ0v) is 9.95. The molecule has 1 heterocycles. The fraction of sp³-hybridized carbons (Fsp3) is 0. The summed E-state index contributed by atoms with van der Waals surface area (Å²) in [5, 5.41) is 20.2. The summed E-state index contributed by atoms with van der Waals surface area (Å²) in [6.45, 7) is 0. The standard InChI is InChI=1S/C12H9N3O5/c16-10(9-13-1-2-14-9)15-8-4-6(11(17)18)3-7(5-8)12(19)20/h1-5H,(H,13,14)(H,15,16)(H,17,18)(H,19,20). The summed E-state index contributed by atoms with van der Waals surface area (Å²) in [5.41, 5.74) is -0.414. The number of carboxylic acids is 2. The van der Waals surface area contributed by atoms with Gasteiger partial charge < -0.3 is 20.5 Å². The average Bonchev–Trinajstić information content (AvgIpc) is 2.92. The maximum Gasteiger partial charge on any atom is 0.335 e. The summed E-state index contributed by atoms with van der Waals surface area (Å²) >= 11 is 0. The highest BCUT2D eigenvalue weighted by atomic mass is 16.4. The number of aromatic carboxylic acids is 2. The summed E-state index contributed by atoms with van der Waals surface area (Å²) in [4.78, 5) is 39.9. The Morgan fingerprint density at radius 3 is 2.10 bits per heavy atom. The minimum absolute atomic E-state index is 0.0302. The molecule has 0 aliphatic carbocycles. The monoisotopic (exact) mass is 275 g/mol. The van der Waals surface area contributed by atoms with Gasteiger partial charge in [0.1, 0.15) is 0 Å². The molecule has 0 bridgehead atoms. The maximum atomic E-state index is 11.7. The van der Waals surface area contributed by atoms with Crippen molar-refractivity contribution in [2.45, 2.75) is 0 Å². The number of amides is 1. The van der Waals surface area contributed by atoms with Gasteiger partial charge >= 0.3 is 11.9 Å². The number of carbonyl (C=O) groups is 3. The number of anilines is 1. The largest absolute Gasteiger partial charge is 0.478 e. The molecule has 0 saturated heterocycles. The third-order valence-corrected chi connectivity index (χ3v) is 2.40. The van der Waals surface area contributed by atoms with E-state index in [0.717, 1.165) is 18.2 Å². The Morgan fingerprint density at radius 2 is 1.65 bits per heavy atom. The van der Waals surface area contributed by atoms with Crippen LogP contribution in [0.5, 0.6) is 0 Å². The van der Waals surface area contributed by atoms with Crippen LogP contribution in [0.1, 0.15) is 31.3 Å². The number of carbonyl (C=O) groups excluding carboxylic acids is 1. The van der Waals surface area contributed by atoms with E-state index in [4.69, 9.17) is 10.2 Å². The highest BCUT2D eigenvalue weighted by molar-refractivity contribution is 6.03. The number of H-pyrrole nitrogens is 1. The van der Waals surface area contributed by atoms with Gasteiger partial charge in [-0.1, -0.05) is 0 Å². The molecule has 1 amide bonds. The Labute approximate surface area is 112 Å². The van der Waals surface area contributed by atoms with Crippen LogP contribution in [0.4, 0.5) is 5.69 Å². The van der Waals surface area contributed by atoms with Crippen molar-refractivity contribution >= 4 is 23.5 Å². The first kappa shape index (κ1) is 13.3. The van der Waals surface area contributed by atoms with Crippen LogP contribution >= 0.6 is 0 Å². The molecule has 2 rings (SSSR count). The van der Waals surface area contributed by atoms with Gasteiger partial charge in [0, 0.05) is 18.1 Å². The molecule has 0 fully saturated rings. The van der Waals surface area contributed by atoms with E-state index in [2.05, 4.69) is 15.3 Å². The van der Waals surface area contributed by atoms with Crippen molar-refractivity contribution in [2.24, 2.45) is 0 Å². The van der Waals surface area contributed by atoms with Crippen molar-refractivity contribution in [3.05, 3.63) is 47.5 Å². The van der Waals surface area contributed by atoms with Crippen LogP contribution in [0.3, 0.4) is 0 Å². The van der Waals surface area contributed by atoms with Crippen molar-refractivity contribution in [3.63, 3.8) is 0 Å². The van der Waals surface area contributed by atoms with Gasteiger partial charge in [-0.3, -0.25) is 4.79 Å². The Balaban J connectivity index is 2.33. The maximum absolute atomic E-state index is 11.7. The normalized spacial score (nSPS) is 10.0. The fourth-order valence-electron chi connectivity index (χ4n) is 1.53. The molecular formula is C12H9N3O5. The molecule has 0 aliphatic heterocycles. The number of benzene rings is 1. The highest BCUT2D eigenvalue weighted by Gasteiger charge is 2.14. The zero-order valence-electron chi connectivity index (χ0n) is 9.95. The van der Waals surface area contributed by atoms with Gasteiger partial charge in [-0.05, 0) is 18.2 Å². The molecule has 0 saturated carbocycles. The van der Waals surface area contributed by atoms with E-state index in [0.29, 0.717) is 0 Å². The van der Waals surface area contributed by atoms with Gasteiger partial charge in [-0.2, -0.15) is 0 Å². The quantitative estimate of drug-likeness (QED) is 0.659. The van der Waals surface area contributed by atoms with Gasteiger partial charge in [0.2, 0.25) is 0 Å². The van der Waals surface area contributed by atoms with Gasteiger partial charge in [0.15, 0.2) is 5.82 Å². The van der Waals surface area contributed by atoms with E-state index in [1.54, 1.807) is 0 Å². The van der Waals surface area contributed by atoms with Gasteiger partial charge in [0.05, 0.1) is 11.1 Å². The van der Waals surface area contributed by atoms with Crippen LogP contribution < -0.4 is 5.32 Å². The Bertz CT molecular complexity index is 646. The summed E-state index contributed by atoms with van der Waals surface area (Å²) in [6, 6.07) is 3.33. The van der Waals surface area contributed by atoms with Crippen molar-refractivity contribution < 1.29 is 24.6 Å². The Kier molecular flexibility index (Phi) is 3.47. The van der Waals surface area contributed by atoms with Crippen molar-refractivity contribution in [1.82, 2.24) is 9.97 Å². The van der Waals surface area contributed by atoms with E-state index < -0.39 is 17.8 Å². The van der Waals surface area contributed by atoms with Crippen LogP contribution in [-0.2, 0) is 0 Å². The highest BCUT2D eigenvalue weighted by Crippen LogP contribution is 2.16. The molecule has 8 nitrogen and oxygen atoms in total. The number of hydrogen-bond donors (Lipinski definition) is 4. The number of nitrogens with zero attached hydrogens (tertiary/aromatic N) is 1. The first-order valence-electron chi connectivity index (χ1n) is 5.40. The SMILES string of the molecule is O=C(O)c1cc(NC(=O)c2ncc[nH]2)cc(C(=O)O)c1. The number of carboxylic acid groups (broad SMARTS) is 2. The van der Waals surface area contributed by atoms with Gasteiger partial charge in [0.25, 0.3) is 5.91 Å². The number of imidazole rings is 1. The van der Waals surface area contributed by atoms with Gasteiger partial charge in [-0.15, -0.1) is 0 Å². The number of nitrogens with one attached hydrogen (secondary N) is 2. The smallest absolute Gasteiger partial charge is 0.335 e. The first-order chi connectivity index (χ1) is 9.47.